The Morgan fingerprint density at radius 3 is 2.74 bits per heavy atom. The standard InChI is InChI=1S/C15H18N4O4/c20-13(1-2-15(22)23)18-7-4-10(5-8-18)11-9-14(21)19-12(17-11)3-6-16-19/h3,6,9-10,16H,1-2,4-5,7-8H2,(H,22,23). The lowest BCUT2D eigenvalue weighted by Crippen LogP contribution is -2.38. The van der Waals surface area contributed by atoms with Crippen molar-refractivity contribution in [2.75, 3.05) is 13.1 Å². The molecule has 1 saturated heterocycles. The van der Waals surface area contributed by atoms with Gasteiger partial charge >= 0.3 is 5.97 Å². The summed E-state index contributed by atoms with van der Waals surface area (Å²) in [7, 11) is 0. The highest BCUT2D eigenvalue weighted by Crippen LogP contribution is 2.26. The average Bonchev–Trinajstić information content (AvgIpc) is 3.02. The Morgan fingerprint density at radius 1 is 1.30 bits per heavy atom. The van der Waals surface area contributed by atoms with Crippen molar-refractivity contribution in [2.45, 2.75) is 31.6 Å². The predicted octanol–water partition coefficient (Wildman–Crippen LogP) is 0.593. The van der Waals surface area contributed by atoms with Gasteiger partial charge in [0.15, 0.2) is 5.65 Å². The number of carbonyl (C=O) groups is 2. The Kier molecular flexibility index (Phi) is 4.14. The van der Waals surface area contributed by atoms with Crippen molar-refractivity contribution in [1.29, 1.82) is 0 Å². The number of hydrogen-bond donors (Lipinski definition) is 2. The zero-order valence-electron chi connectivity index (χ0n) is 12.6. The molecule has 1 amide bonds. The topological polar surface area (TPSA) is 108 Å². The predicted molar refractivity (Wildman–Crippen MR) is 81.2 cm³/mol. The van der Waals surface area contributed by atoms with Gasteiger partial charge in [0.1, 0.15) is 0 Å². The minimum Gasteiger partial charge on any atom is -0.481 e. The van der Waals surface area contributed by atoms with Gasteiger partial charge in [-0.2, -0.15) is 0 Å². The van der Waals surface area contributed by atoms with Gasteiger partial charge in [0.25, 0.3) is 5.56 Å². The summed E-state index contributed by atoms with van der Waals surface area (Å²) < 4.78 is 1.38. The monoisotopic (exact) mass is 318 g/mol. The first kappa shape index (κ1) is 15.3. The van der Waals surface area contributed by atoms with E-state index in [1.807, 2.05) is 0 Å². The normalized spacial score (nSPS) is 15.9. The van der Waals surface area contributed by atoms with Crippen LogP contribution in [-0.4, -0.2) is 49.6 Å². The highest BCUT2D eigenvalue weighted by Gasteiger charge is 2.25. The number of aromatic amines is 1. The second-order valence-corrected chi connectivity index (χ2v) is 5.72. The van der Waals surface area contributed by atoms with Crippen LogP contribution >= 0.6 is 0 Å². The molecular weight excluding hydrogens is 300 g/mol. The molecule has 0 radical (unpaired) electrons. The number of carbonyl (C=O) groups excluding carboxylic acids is 1. The summed E-state index contributed by atoms with van der Waals surface area (Å²) in [6, 6.07) is 3.28. The van der Waals surface area contributed by atoms with Crippen LogP contribution in [0, 0.1) is 0 Å². The van der Waals surface area contributed by atoms with E-state index < -0.39 is 5.97 Å². The van der Waals surface area contributed by atoms with Crippen molar-refractivity contribution in [1.82, 2.24) is 19.5 Å². The molecule has 0 atom stereocenters. The quantitative estimate of drug-likeness (QED) is 0.858. The number of likely N-dealkylation sites (tertiary alicyclic amines) is 1. The number of carboxylic acid groups (broad SMARTS) is 1. The number of H-pyrrole nitrogens is 1. The maximum atomic E-state index is 12.0. The maximum Gasteiger partial charge on any atom is 0.303 e. The number of aromatic nitrogens is 3. The van der Waals surface area contributed by atoms with E-state index in [1.165, 1.54) is 10.6 Å². The van der Waals surface area contributed by atoms with Crippen molar-refractivity contribution in [3.05, 3.63) is 34.4 Å². The Bertz CT molecular complexity index is 786. The first-order valence-corrected chi connectivity index (χ1v) is 7.61. The molecule has 0 aliphatic carbocycles. The summed E-state index contributed by atoms with van der Waals surface area (Å²) >= 11 is 0. The van der Waals surface area contributed by atoms with Gasteiger partial charge in [-0.05, 0) is 12.8 Å². The van der Waals surface area contributed by atoms with E-state index >= 15 is 0 Å². The van der Waals surface area contributed by atoms with Crippen molar-refractivity contribution in [3.8, 4) is 0 Å². The third kappa shape index (κ3) is 3.25. The molecule has 0 saturated carbocycles. The Hall–Kier alpha value is -2.64. The van der Waals surface area contributed by atoms with Gasteiger partial charge in [-0.15, -0.1) is 0 Å². The summed E-state index contributed by atoms with van der Waals surface area (Å²) in [6.07, 6.45) is 3.02. The minimum atomic E-state index is -0.960. The van der Waals surface area contributed by atoms with Gasteiger partial charge in [-0.25, -0.2) is 9.50 Å². The van der Waals surface area contributed by atoms with Crippen LogP contribution in [0.15, 0.2) is 23.1 Å². The van der Waals surface area contributed by atoms with Gasteiger partial charge < -0.3 is 10.0 Å². The number of nitrogens with one attached hydrogen (secondary N) is 1. The summed E-state index contributed by atoms with van der Waals surface area (Å²) in [4.78, 5) is 40.6. The molecule has 3 heterocycles. The van der Waals surface area contributed by atoms with E-state index in [9.17, 15) is 14.4 Å². The molecule has 2 aromatic heterocycles. The molecule has 2 N–H and O–H groups in total. The van der Waals surface area contributed by atoms with Gasteiger partial charge in [-0.1, -0.05) is 0 Å². The van der Waals surface area contributed by atoms with Crippen LogP contribution in [0.2, 0.25) is 0 Å². The van der Waals surface area contributed by atoms with Gasteiger partial charge in [0, 0.05) is 43.8 Å². The maximum absolute atomic E-state index is 12.0. The van der Waals surface area contributed by atoms with Crippen LogP contribution in [0.5, 0.6) is 0 Å². The molecule has 8 nitrogen and oxygen atoms in total. The molecule has 0 spiro atoms. The summed E-state index contributed by atoms with van der Waals surface area (Å²) in [5.41, 5.74) is 1.20. The molecule has 1 fully saturated rings. The van der Waals surface area contributed by atoms with Gasteiger partial charge in [-0.3, -0.25) is 19.5 Å². The van der Waals surface area contributed by atoms with Crippen LogP contribution in [0.1, 0.15) is 37.3 Å². The highest BCUT2D eigenvalue weighted by atomic mass is 16.4. The van der Waals surface area contributed by atoms with Gasteiger partial charge in [0.05, 0.1) is 12.1 Å². The average molecular weight is 318 g/mol. The number of fused-ring (bicyclic) bond motifs is 1. The fourth-order valence-electron chi connectivity index (χ4n) is 2.95. The van der Waals surface area contributed by atoms with E-state index in [2.05, 4.69) is 10.1 Å². The smallest absolute Gasteiger partial charge is 0.303 e. The SMILES string of the molecule is O=C(O)CCC(=O)N1CCC(c2cc(=O)n3[nH]ccc3n2)CC1. The number of piperidine rings is 1. The fourth-order valence-corrected chi connectivity index (χ4v) is 2.95. The Labute approximate surface area is 131 Å². The van der Waals surface area contributed by atoms with Crippen LogP contribution < -0.4 is 5.56 Å². The summed E-state index contributed by atoms with van der Waals surface area (Å²) in [5, 5.41) is 11.4. The van der Waals surface area contributed by atoms with Crippen molar-refractivity contribution >= 4 is 17.5 Å². The van der Waals surface area contributed by atoms with Crippen molar-refractivity contribution < 1.29 is 14.7 Å². The molecular formula is C15H18N4O4. The molecule has 2 aromatic rings. The lowest BCUT2D eigenvalue weighted by molar-refractivity contribution is -0.141. The number of amides is 1. The zero-order valence-corrected chi connectivity index (χ0v) is 12.6. The van der Waals surface area contributed by atoms with Crippen LogP contribution in [0.4, 0.5) is 0 Å². The third-order valence-corrected chi connectivity index (χ3v) is 4.22. The van der Waals surface area contributed by atoms with Crippen LogP contribution in [0.3, 0.4) is 0 Å². The van der Waals surface area contributed by atoms with E-state index in [0.717, 1.165) is 18.5 Å². The molecule has 122 valence electrons. The number of rotatable bonds is 4. The second-order valence-electron chi connectivity index (χ2n) is 5.72. The Balaban J connectivity index is 1.65. The molecule has 8 heteroatoms. The number of aliphatic carboxylic acids is 1. The number of hydrogen-bond acceptors (Lipinski definition) is 4. The molecule has 3 rings (SSSR count). The first-order chi connectivity index (χ1) is 11.0. The van der Waals surface area contributed by atoms with Crippen LogP contribution in [-0.2, 0) is 9.59 Å². The number of nitrogens with zero attached hydrogens (tertiary/aromatic N) is 3. The Morgan fingerprint density at radius 2 is 2.04 bits per heavy atom. The summed E-state index contributed by atoms with van der Waals surface area (Å²) in [6.45, 7) is 1.13. The number of carboxylic acids is 1. The van der Waals surface area contributed by atoms with E-state index in [-0.39, 0.29) is 30.2 Å². The highest BCUT2D eigenvalue weighted by molar-refractivity contribution is 5.80. The molecule has 23 heavy (non-hydrogen) atoms. The van der Waals surface area contributed by atoms with E-state index in [1.54, 1.807) is 17.2 Å². The zero-order chi connectivity index (χ0) is 16.4. The van der Waals surface area contributed by atoms with E-state index in [0.29, 0.717) is 18.7 Å². The molecule has 1 aliphatic heterocycles. The second kappa shape index (κ2) is 6.23. The largest absolute Gasteiger partial charge is 0.481 e. The fraction of sp³-hybridized carbons (Fsp3) is 0.467. The molecule has 0 unspecified atom stereocenters. The molecule has 1 aliphatic rings. The minimum absolute atomic E-state index is 0.0366. The van der Waals surface area contributed by atoms with E-state index in [4.69, 9.17) is 5.11 Å². The molecule has 0 bridgehead atoms. The summed E-state index contributed by atoms with van der Waals surface area (Å²) in [5.74, 6) is -0.941. The first-order valence-electron chi connectivity index (χ1n) is 7.61. The third-order valence-electron chi connectivity index (χ3n) is 4.22. The van der Waals surface area contributed by atoms with Gasteiger partial charge in [0.2, 0.25) is 5.91 Å². The lowest BCUT2D eigenvalue weighted by Gasteiger charge is -2.31. The van der Waals surface area contributed by atoms with Crippen molar-refractivity contribution in [3.63, 3.8) is 0 Å². The van der Waals surface area contributed by atoms with Crippen molar-refractivity contribution in [2.24, 2.45) is 0 Å². The molecule has 0 aromatic carbocycles. The lowest BCUT2D eigenvalue weighted by atomic mass is 9.93. The van der Waals surface area contributed by atoms with Crippen LogP contribution in [0.25, 0.3) is 5.65 Å².